The average molecular weight is 297 g/mol. The standard InChI is InChI=1S/C16H19N5O/c1-2-13(1)14-7-15(20-11-19-14)21-6-3-12(9-21)10-22-16-8-17-4-5-18-16/h4-5,7-8,11-13H,1-3,6,9-10H2. The van der Waals surface area contributed by atoms with Crippen LogP contribution in [0.25, 0.3) is 0 Å². The zero-order chi connectivity index (χ0) is 14.8. The van der Waals surface area contributed by atoms with E-state index in [0.717, 1.165) is 25.3 Å². The van der Waals surface area contributed by atoms with Crippen molar-refractivity contribution < 1.29 is 4.74 Å². The molecule has 0 amide bonds. The van der Waals surface area contributed by atoms with E-state index in [0.29, 0.717) is 24.3 Å². The van der Waals surface area contributed by atoms with E-state index in [4.69, 9.17) is 4.74 Å². The molecule has 0 spiro atoms. The Morgan fingerprint density at radius 3 is 2.91 bits per heavy atom. The molecule has 6 heteroatoms. The molecular weight excluding hydrogens is 278 g/mol. The number of ether oxygens (including phenoxy) is 1. The number of aromatic nitrogens is 4. The minimum Gasteiger partial charge on any atom is -0.476 e. The van der Waals surface area contributed by atoms with Crippen LogP contribution in [0.1, 0.15) is 30.9 Å². The highest BCUT2D eigenvalue weighted by molar-refractivity contribution is 5.41. The second kappa shape index (κ2) is 5.87. The van der Waals surface area contributed by atoms with Gasteiger partial charge >= 0.3 is 0 Å². The fraction of sp³-hybridized carbons (Fsp3) is 0.500. The molecule has 114 valence electrons. The highest BCUT2D eigenvalue weighted by Gasteiger charge is 2.28. The van der Waals surface area contributed by atoms with Gasteiger partial charge in [0.2, 0.25) is 5.88 Å². The first kappa shape index (κ1) is 13.4. The van der Waals surface area contributed by atoms with Crippen LogP contribution in [0, 0.1) is 5.92 Å². The molecule has 0 aromatic carbocycles. The lowest BCUT2D eigenvalue weighted by Crippen LogP contribution is -2.23. The van der Waals surface area contributed by atoms with Crippen LogP contribution in [0.3, 0.4) is 0 Å². The van der Waals surface area contributed by atoms with Crippen molar-refractivity contribution in [3.63, 3.8) is 0 Å². The fourth-order valence-corrected chi connectivity index (χ4v) is 2.88. The zero-order valence-electron chi connectivity index (χ0n) is 12.4. The van der Waals surface area contributed by atoms with Crippen molar-refractivity contribution in [2.24, 2.45) is 5.92 Å². The Labute approximate surface area is 129 Å². The maximum absolute atomic E-state index is 5.71. The van der Waals surface area contributed by atoms with Gasteiger partial charge in [-0.3, -0.25) is 4.98 Å². The van der Waals surface area contributed by atoms with Crippen LogP contribution in [-0.4, -0.2) is 39.6 Å². The second-order valence-corrected chi connectivity index (χ2v) is 6.03. The minimum absolute atomic E-state index is 0.501. The molecule has 0 bridgehead atoms. The van der Waals surface area contributed by atoms with E-state index >= 15 is 0 Å². The molecule has 0 radical (unpaired) electrons. The van der Waals surface area contributed by atoms with Gasteiger partial charge in [0.1, 0.15) is 12.1 Å². The van der Waals surface area contributed by atoms with Gasteiger partial charge < -0.3 is 9.64 Å². The smallest absolute Gasteiger partial charge is 0.232 e. The third kappa shape index (κ3) is 3.00. The van der Waals surface area contributed by atoms with Crippen LogP contribution < -0.4 is 9.64 Å². The summed E-state index contributed by atoms with van der Waals surface area (Å²) in [7, 11) is 0. The summed E-state index contributed by atoms with van der Waals surface area (Å²) in [4.78, 5) is 19.3. The molecule has 0 N–H and O–H groups in total. The molecular formula is C16H19N5O. The molecule has 2 aromatic rings. The van der Waals surface area contributed by atoms with Gasteiger partial charge in [0.05, 0.1) is 12.8 Å². The summed E-state index contributed by atoms with van der Waals surface area (Å²) in [6.45, 7) is 2.67. The maximum atomic E-state index is 5.71. The van der Waals surface area contributed by atoms with Gasteiger partial charge in [-0.1, -0.05) is 0 Å². The van der Waals surface area contributed by atoms with E-state index in [-0.39, 0.29) is 0 Å². The first-order chi connectivity index (χ1) is 10.9. The SMILES string of the molecule is c1cnc(OCC2CCN(c3cc(C4CC4)ncn3)C2)cn1. The van der Waals surface area contributed by atoms with Crippen LogP contribution >= 0.6 is 0 Å². The van der Waals surface area contributed by atoms with Gasteiger partial charge in [0, 0.05) is 49.1 Å². The second-order valence-electron chi connectivity index (χ2n) is 6.03. The average Bonchev–Trinajstić information content (AvgIpc) is 3.32. The van der Waals surface area contributed by atoms with Crippen LogP contribution in [0.2, 0.25) is 0 Å². The summed E-state index contributed by atoms with van der Waals surface area (Å²) in [5.74, 6) is 2.82. The zero-order valence-corrected chi connectivity index (χ0v) is 12.4. The molecule has 22 heavy (non-hydrogen) atoms. The van der Waals surface area contributed by atoms with E-state index < -0.39 is 0 Å². The lowest BCUT2D eigenvalue weighted by molar-refractivity contribution is 0.251. The molecule has 1 saturated carbocycles. The molecule has 2 aromatic heterocycles. The first-order valence-electron chi connectivity index (χ1n) is 7.84. The number of hydrogen-bond acceptors (Lipinski definition) is 6. The van der Waals surface area contributed by atoms with Gasteiger partial charge in [-0.2, -0.15) is 0 Å². The Bertz CT molecular complexity index is 631. The molecule has 1 atom stereocenters. The van der Waals surface area contributed by atoms with Crippen molar-refractivity contribution in [3.05, 3.63) is 36.7 Å². The summed E-state index contributed by atoms with van der Waals surface area (Å²) in [5.41, 5.74) is 1.20. The van der Waals surface area contributed by atoms with Crippen LogP contribution in [0.15, 0.2) is 31.0 Å². The minimum atomic E-state index is 0.501. The van der Waals surface area contributed by atoms with Crippen LogP contribution in [0.4, 0.5) is 5.82 Å². The molecule has 2 aliphatic rings. The van der Waals surface area contributed by atoms with Crippen molar-refractivity contribution in [1.82, 2.24) is 19.9 Å². The highest BCUT2D eigenvalue weighted by Crippen LogP contribution is 2.39. The topological polar surface area (TPSA) is 64.0 Å². The molecule has 1 saturated heterocycles. The Hall–Kier alpha value is -2.24. The van der Waals surface area contributed by atoms with Crippen molar-refractivity contribution in [2.45, 2.75) is 25.2 Å². The maximum Gasteiger partial charge on any atom is 0.232 e. The molecule has 6 nitrogen and oxygen atoms in total. The molecule has 1 unspecified atom stereocenters. The molecule has 3 heterocycles. The molecule has 1 aliphatic carbocycles. The van der Waals surface area contributed by atoms with Gasteiger partial charge in [-0.25, -0.2) is 15.0 Å². The third-order valence-electron chi connectivity index (χ3n) is 4.29. The molecule has 2 fully saturated rings. The number of rotatable bonds is 5. The van der Waals surface area contributed by atoms with E-state index in [9.17, 15) is 0 Å². The largest absolute Gasteiger partial charge is 0.476 e. The normalized spacial score (nSPS) is 21.1. The Morgan fingerprint density at radius 2 is 2.09 bits per heavy atom. The highest BCUT2D eigenvalue weighted by atomic mass is 16.5. The number of anilines is 1. The van der Waals surface area contributed by atoms with E-state index in [2.05, 4.69) is 30.9 Å². The lowest BCUT2D eigenvalue weighted by Gasteiger charge is -2.18. The number of nitrogens with zero attached hydrogens (tertiary/aromatic N) is 5. The van der Waals surface area contributed by atoms with E-state index in [1.165, 1.54) is 18.5 Å². The van der Waals surface area contributed by atoms with Crippen molar-refractivity contribution in [2.75, 3.05) is 24.6 Å². The van der Waals surface area contributed by atoms with E-state index in [1.807, 2.05) is 0 Å². The fourth-order valence-electron chi connectivity index (χ4n) is 2.88. The quantitative estimate of drug-likeness (QED) is 0.841. The number of hydrogen-bond donors (Lipinski definition) is 0. The van der Waals surface area contributed by atoms with Gasteiger partial charge in [-0.05, 0) is 19.3 Å². The molecule has 4 rings (SSSR count). The van der Waals surface area contributed by atoms with Crippen molar-refractivity contribution in [1.29, 1.82) is 0 Å². The first-order valence-corrected chi connectivity index (χ1v) is 7.84. The van der Waals surface area contributed by atoms with Crippen LogP contribution in [0.5, 0.6) is 5.88 Å². The van der Waals surface area contributed by atoms with Crippen molar-refractivity contribution >= 4 is 5.82 Å². The Kier molecular flexibility index (Phi) is 3.58. The van der Waals surface area contributed by atoms with Crippen LogP contribution in [-0.2, 0) is 0 Å². The van der Waals surface area contributed by atoms with Crippen molar-refractivity contribution in [3.8, 4) is 5.88 Å². The van der Waals surface area contributed by atoms with Gasteiger partial charge in [-0.15, -0.1) is 0 Å². The van der Waals surface area contributed by atoms with Gasteiger partial charge in [0.25, 0.3) is 0 Å². The van der Waals surface area contributed by atoms with E-state index in [1.54, 1.807) is 24.9 Å². The predicted molar refractivity (Wildman–Crippen MR) is 81.9 cm³/mol. The Balaban J connectivity index is 1.35. The summed E-state index contributed by atoms with van der Waals surface area (Å²) in [6, 6.07) is 2.16. The summed E-state index contributed by atoms with van der Waals surface area (Å²) in [6.07, 6.45) is 10.3. The molecule has 1 aliphatic heterocycles. The lowest BCUT2D eigenvalue weighted by atomic mass is 10.1. The summed E-state index contributed by atoms with van der Waals surface area (Å²) >= 11 is 0. The summed E-state index contributed by atoms with van der Waals surface area (Å²) in [5, 5.41) is 0. The van der Waals surface area contributed by atoms with Gasteiger partial charge in [0.15, 0.2) is 0 Å². The third-order valence-corrected chi connectivity index (χ3v) is 4.29. The summed E-state index contributed by atoms with van der Waals surface area (Å²) < 4.78 is 5.71. The predicted octanol–water partition coefficient (Wildman–Crippen LogP) is 2.05. The monoisotopic (exact) mass is 297 g/mol. The Morgan fingerprint density at radius 1 is 1.14 bits per heavy atom.